The highest BCUT2D eigenvalue weighted by Gasteiger charge is 2.30. The van der Waals surface area contributed by atoms with Gasteiger partial charge < -0.3 is 14.5 Å². The van der Waals surface area contributed by atoms with Gasteiger partial charge in [0.15, 0.2) is 0 Å². The first-order valence-corrected chi connectivity index (χ1v) is 10.5. The number of ether oxygens (including phenoxy) is 1. The van der Waals surface area contributed by atoms with E-state index < -0.39 is 0 Å². The molecule has 0 spiro atoms. The average Bonchev–Trinajstić information content (AvgIpc) is 3.37. The molecule has 1 aliphatic rings. The van der Waals surface area contributed by atoms with Crippen molar-refractivity contribution >= 4 is 5.78 Å². The molecule has 0 bridgehead atoms. The summed E-state index contributed by atoms with van der Waals surface area (Å²) in [7, 11) is 0. The third-order valence-corrected chi connectivity index (χ3v) is 5.80. The quantitative estimate of drug-likeness (QED) is 0.608. The monoisotopic (exact) mass is 404 g/mol. The Bertz CT molecular complexity index is 979. The molecule has 0 unspecified atom stereocenters. The maximum Gasteiger partial charge on any atom is 0.226 e. The Morgan fingerprint density at radius 3 is 2.63 bits per heavy atom. The zero-order valence-corrected chi connectivity index (χ0v) is 17.6. The number of aryl methyl sites for hydroxylation is 1. The number of Topliss-reactive ketones (excluding diaryl/α,β-unsaturated/α-hetero) is 1. The Hall–Kier alpha value is -2.92. The van der Waals surface area contributed by atoms with Gasteiger partial charge in [-0.1, -0.05) is 30.3 Å². The number of carbonyl (C=O) groups excluding carboxylic acids is 1. The molecule has 2 aromatic carbocycles. The zero-order valence-electron chi connectivity index (χ0n) is 17.6. The molecular weight excluding hydrogens is 376 g/mol. The van der Waals surface area contributed by atoms with E-state index in [2.05, 4.69) is 22.4 Å². The first kappa shape index (κ1) is 20.4. The fourth-order valence-electron chi connectivity index (χ4n) is 4.08. The Morgan fingerprint density at radius 2 is 1.90 bits per heavy atom. The van der Waals surface area contributed by atoms with Crippen molar-refractivity contribution in [3.05, 3.63) is 71.6 Å². The lowest BCUT2D eigenvalue weighted by molar-refractivity contribution is -0.121. The number of benzene rings is 2. The minimum absolute atomic E-state index is 0.132. The van der Waals surface area contributed by atoms with Gasteiger partial charge in [-0.05, 0) is 62.6 Å². The predicted molar refractivity (Wildman–Crippen MR) is 117 cm³/mol. The van der Waals surface area contributed by atoms with Gasteiger partial charge in [-0.2, -0.15) is 0 Å². The molecule has 1 fully saturated rings. The topological polar surface area (TPSA) is 64.4 Å². The molecule has 2 heterocycles. The molecule has 30 heavy (non-hydrogen) atoms. The van der Waals surface area contributed by atoms with Crippen molar-refractivity contribution in [2.75, 3.05) is 19.7 Å². The van der Waals surface area contributed by atoms with E-state index in [0.29, 0.717) is 24.8 Å². The highest BCUT2D eigenvalue weighted by molar-refractivity contribution is 5.79. The van der Waals surface area contributed by atoms with E-state index in [0.717, 1.165) is 42.3 Å². The zero-order chi connectivity index (χ0) is 20.9. The summed E-state index contributed by atoms with van der Waals surface area (Å²) >= 11 is 0. The van der Waals surface area contributed by atoms with Crippen LogP contribution in [0.3, 0.4) is 0 Å². The molecule has 2 atom stereocenters. The molecule has 0 amide bonds. The molecule has 1 aromatic heterocycles. The van der Waals surface area contributed by atoms with E-state index >= 15 is 0 Å². The van der Waals surface area contributed by atoms with Gasteiger partial charge in [0.05, 0.1) is 12.3 Å². The summed E-state index contributed by atoms with van der Waals surface area (Å²) in [6.07, 6.45) is 1.61. The van der Waals surface area contributed by atoms with E-state index in [1.54, 1.807) is 6.92 Å². The van der Waals surface area contributed by atoms with Crippen LogP contribution in [0.15, 0.2) is 59.0 Å². The Labute approximate surface area is 177 Å². The Morgan fingerprint density at radius 1 is 1.13 bits per heavy atom. The fraction of sp³-hybridized carbons (Fsp3) is 0.360. The van der Waals surface area contributed by atoms with Gasteiger partial charge in [-0.3, -0.25) is 4.79 Å². The second kappa shape index (κ2) is 9.26. The van der Waals surface area contributed by atoms with E-state index in [1.807, 2.05) is 49.4 Å². The van der Waals surface area contributed by atoms with Gasteiger partial charge in [0.25, 0.3) is 0 Å². The highest BCUT2D eigenvalue weighted by Crippen LogP contribution is 2.24. The molecule has 1 N–H and O–H groups in total. The molecule has 1 aliphatic heterocycles. The summed E-state index contributed by atoms with van der Waals surface area (Å²) in [4.78, 5) is 16.4. The average molecular weight is 405 g/mol. The summed E-state index contributed by atoms with van der Waals surface area (Å²) in [6.45, 7) is 5.88. The van der Waals surface area contributed by atoms with Gasteiger partial charge in [0.2, 0.25) is 5.89 Å². The number of rotatable bonds is 8. The number of hydrogen-bond acceptors (Lipinski definition) is 5. The van der Waals surface area contributed by atoms with Crippen LogP contribution in [0.2, 0.25) is 0 Å². The second-order valence-corrected chi connectivity index (χ2v) is 7.97. The third kappa shape index (κ3) is 4.79. The SMILES string of the molecule is CC(=O)[C@H]1CNC[C@H]1Cc1ccc(OCCc2nc(-c3ccccc3)oc2C)cc1. The van der Waals surface area contributed by atoms with Crippen LogP contribution in [-0.4, -0.2) is 30.5 Å². The smallest absolute Gasteiger partial charge is 0.226 e. The first-order valence-electron chi connectivity index (χ1n) is 10.5. The van der Waals surface area contributed by atoms with Crippen molar-refractivity contribution < 1.29 is 13.9 Å². The highest BCUT2D eigenvalue weighted by atomic mass is 16.5. The standard InChI is InChI=1S/C25H28N2O3/c1-17(28)23-16-26-15-21(23)14-19-8-10-22(11-9-19)29-13-12-24-18(2)30-25(27-24)20-6-4-3-5-7-20/h3-11,21,23,26H,12-16H2,1-2H3/t21-,23-/m1/s1. The van der Waals surface area contributed by atoms with Crippen molar-refractivity contribution in [2.45, 2.75) is 26.7 Å². The summed E-state index contributed by atoms with van der Waals surface area (Å²) in [5, 5.41) is 3.34. The van der Waals surface area contributed by atoms with E-state index in [4.69, 9.17) is 9.15 Å². The molecule has 1 saturated heterocycles. The van der Waals surface area contributed by atoms with Crippen molar-refractivity contribution in [1.82, 2.24) is 10.3 Å². The Balaban J connectivity index is 1.30. The molecule has 3 aromatic rings. The number of nitrogens with zero attached hydrogens (tertiary/aromatic N) is 1. The van der Waals surface area contributed by atoms with Gasteiger partial charge >= 0.3 is 0 Å². The lowest BCUT2D eigenvalue weighted by Crippen LogP contribution is -2.21. The van der Waals surface area contributed by atoms with Crippen LogP contribution in [0.1, 0.15) is 23.9 Å². The number of oxazole rings is 1. The van der Waals surface area contributed by atoms with Crippen molar-refractivity contribution in [1.29, 1.82) is 0 Å². The summed E-state index contributed by atoms with van der Waals surface area (Å²) in [5.41, 5.74) is 3.14. The summed E-state index contributed by atoms with van der Waals surface area (Å²) < 4.78 is 11.7. The number of carbonyl (C=O) groups is 1. The van der Waals surface area contributed by atoms with E-state index in [9.17, 15) is 4.79 Å². The van der Waals surface area contributed by atoms with Gasteiger partial charge in [0.1, 0.15) is 17.3 Å². The van der Waals surface area contributed by atoms with Crippen LogP contribution >= 0.6 is 0 Å². The Kier molecular flexibility index (Phi) is 6.29. The van der Waals surface area contributed by atoms with Gasteiger partial charge in [-0.25, -0.2) is 4.98 Å². The summed E-state index contributed by atoms with van der Waals surface area (Å²) in [6, 6.07) is 18.1. The molecule has 0 aliphatic carbocycles. The van der Waals surface area contributed by atoms with Gasteiger partial charge in [0, 0.05) is 24.4 Å². The normalized spacial score (nSPS) is 18.5. The molecule has 4 rings (SSSR count). The first-order chi connectivity index (χ1) is 14.6. The maximum atomic E-state index is 11.8. The van der Waals surface area contributed by atoms with Crippen molar-refractivity contribution in [2.24, 2.45) is 11.8 Å². The molecule has 5 nitrogen and oxygen atoms in total. The van der Waals surface area contributed by atoms with Gasteiger partial charge in [-0.15, -0.1) is 0 Å². The van der Waals surface area contributed by atoms with E-state index in [1.165, 1.54) is 5.56 Å². The third-order valence-electron chi connectivity index (χ3n) is 5.80. The number of hydrogen-bond donors (Lipinski definition) is 1. The lowest BCUT2D eigenvalue weighted by Gasteiger charge is -2.16. The van der Waals surface area contributed by atoms with Crippen LogP contribution < -0.4 is 10.1 Å². The predicted octanol–water partition coefficient (Wildman–Crippen LogP) is 4.24. The minimum Gasteiger partial charge on any atom is -0.493 e. The molecule has 0 radical (unpaired) electrons. The molecule has 5 heteroatoms. The molecule has 156 valence electrons. The second-order valence-electron chi connectivity index (χ2n) is 7.97. The van der Waals surface area contributed by atoms with Crippen LogP contribution in [0, 0.1) is 18.8 Å². The minimum atomic E-state index is 0.132. The van der Waals surface area contributed by atoms with Crippen LogP contribution in [0.5, 0.6) is 5.75 Å². The fourth-order valence-corrected chi connectivity index (χ4v) is 4.08. The van der Waals surface area contributed by atoms with Crippen LogP contribution in [0.4, 0.5) is 0 Å². The summed E-state index contributed by atoms with van der Waals surface area (Å²) in [5.74, 6) is 3.12. The number of nitrogens with one attached hydrogen (secondary N) is 1. The number of ketones is 1. The van der Waals surface area contributed by atoms with E-state index in [-0.39, 0.29) is 11.7 Å². The molecular formula is C25H28N2O3. The maximum absolute atomic E-state index is 11.8. The van der Waals surface area contributed by atoms with Crippen LogP contribution in [0.25, 0.3) is 11.5 Å². The van der Waals surface area contributed by atoms with Crippen molar-refractivity contribution in [3.8, 4) is 17.2 Å². The molecule has 0 saturated carbocycles. The van der Waals surface area contributed by atoms with Crippen molar-refractivity contribution in [3.63, 3.8) is 0 Å². The largest absolute Gasteiger partial charge is 0.493 e. The lowest BCUT2D eigenvalue weighted by atomic mass is 9.87. The number of aromatic nitrogens is 1. The van der Waals surface area contributed by atoms with Crippen LogP contribution in [-0.2, 0) is 17.6 Å².